The Hall–Kier alpha value is -1.60. The molecule has 1 atom stereocenters. The topological polar surface area (TPSA) is 3.24 Å². The Balaban J connectivity index is 2.42. The number of nitrogens with zero attached hydrogens (tertiary/aromatic N) is 1. The maximum Gasteiger partial charge on any atom is 0.0325 e. The van der Waals surface area contributed by atoms with Crippen LogP contribution in [0.15, 0.2) is 54.6 Å². The van der Waals surface area contributed by atoms with E-state index in [0.717, 1.165) is 13.1 Å². The monoisotopic (exact) mass is 253 g/mol. The van der Waals surface area contributed by atoms with Crippen molar-refractivity contribution in [2.45, 2.75) is 26.8 Å². The van der Waals surface area contributed by atoms with Crippen LogP contribution in [0.25, 0.3) is 11.1 Å². The van der Waals surface area contributed by atoms with Crippen molar-refractivity contribution >= 4 is 0 Å². The molecule has 0 bridgehead atoms. The third kappa shape index (κ3) is 3.05. The van der Waals surface area contributed by atoms with Gasteiger partial charge in [-0.3, -0.25) is 4.90 Å². The minimum absolute atomic E-state index is 0.450. The highest BCUT2D eigenvalue weighted by Gasteiger charge is 2.16. The lowest BCUT2D eigenvalue weighted by Gasteiger charge is -2.28. The van der Waals surface area contributed by atoms with Crippen LogP contribution in [-0.2, 0) is 0 Å². The summed E-state index contributed by atoms with van der Waals surface area (Å²) in [5, 5.41) is 0. The van der Waals surface area contributed by atoms with E-state index in [4.69, 9.17) is 0 Å². The van der Waals surface area contributed by atoms with E-state index in [2.05, 4.69) is 80.3 Å². The van der Waals surface area contributed by atoms with E-state index in [1.807, 2.05) is 0 Å². The van der Waals surface area contributed by atoms with E-state index >= 15 is 0 Å². The molecule has 2 aromatic carbocycles. The second-order valence-electron chi connectivity index (χ2n) is 4.85. The van der Waals surface area contributed by atoms with E-state index in [9.17, 15) is 0 Å². The largest absolute Gasteiger partial charge is 0.297 e. The van der Waals surface area contributed by atoms with Crippen molar-refractivity contribution in [1.82, 2.24) is 4.90 Å². The summed E-state index contributed by atoms with van der Waals surface area (Å²) in [5.74, 6) is 0. The van der Waals surface area contributed by atoms with E-state index in [1.54, 1.807) is 0 Å². The predicted octanol–water partition coefficient (Wildman–Crippen LogP) is 4.76. The molecule has 0 aliphatic heterocycles. The third-order valence-electron chi connectivity index (χ3n) is 3.86. The highest BCUT2D eigenvalue weighted by Crippen LogP contribution is 2.30. The SMILES string of the molecule is CCN(CC)C(C)c1ccccc1-c1ccccc1. The summed E-state index contributed by atoms with van der Waals surface area (Å²) < 4.78 is 0. The lowest BCUT2D eigenvalue weighted by molar-refractivity contribution is 0.235. The van der Waals surface area contributed by atoms with Gasteiger partial charge < -0.3 is 0 Å². The molecule has 0 fully saturated rings. The van der Waals surface area contributed by atoms with Gasteiger partial charge in [0, 0.05) is 6.04 Å². The number of hydrogen-bond donors (Lipinski definition) is 0. The van der Waals surface area contributed by atoms with Gasteiger partial charge in [-0.05, 0) is 36.7 Å². The Bertz CT molecular complexity index is 500. The second-order valence-corrected chi connectivity index (χ2v) is 4.85. The van der Waals surface area contributed by atoms with Gasteiger partial charge in [0.1, 0.15) is 0 Å². The molecule has 19 heavy (non-hydrogen) atoms. The smallest absolute Gasteiger partial charge is 0.0325 e. The van der Waals surface area contributed by atoms with Crippen LogP contribution < -0.4 is 0 Å². The van der Waals surface area contributed by atoms with Gasteiger partial charge in [-0.15, -0.1) is 0 Å². The van der Waals surface area contributed by atoms with Gasteiger partial charge in [0.2, 0.25) is 0 Å². The van der Waals surface area contributed by atoms with E-state index in [1.165, 1.54) is 16.7 Å². The quantitative estimate of drug-likeness (QED) is 0.743. The van der Waals surface area contributed by atoms with Gasteiger partial charge in [0.15, 0.2) is 0 Å². The highest BCUT2D eigenvalue weighted by molar-refractivity contribution is 5.67. The molecule has 0 radical (unpaired) electrons. The number of benzene rings is 2. The summed E-state index contributed by atoms with van der Waals surface area (Å²) in [6.45, 7) is 8.92. The summed E-state index contributed by atoms with van der Waals surface area (Å²) in [4.78, 5) is 2.49. The predicted molar refractivity (Wildman–Crippen MR) is 83.2 cm³/mol. The molecule has 1 unspecified atom stereocenters. The van der Waals surface area contributed by atoms with Crippen molar-refractivity contribution in [1.29, 1.82) is 0 Å². The van der Waals surface area contributed by atoms with Crippen LogP contribution in [0.1, 0.15) is 32.4 Å². The van der Waals surface area contributed by atoms with Crippen LogP contribution in [-0.4, -0.2) is 18.0 Å². The molecule has 2 aromatic rings. The molecule has 0 spiro atoms. The molecule has 1 nitrogen and oxygen atoms in total. The Morgan fingerprint density at radius 3 is 2.05 bits per heavy atom. The summed E-state index contributed by atoms with van der Waals surface area (Å²) in [5.41, 5.74) is 4.07. The second kappa shape index (κ2) is 6.53. The van der Waals surface area contributed by atoms with Crippen LogP contribution in [0.4, 0.5) is 0 Å². The molecule has 2 rings (SSSR count). The first-order chi connectivity index (χ1) is 9.27. The first kappa shape index (κ1) is 13.8. The molecular weight excluding hydrogens is 230 g/mol. The minimum atomic E-state index is 0.450. The summed E-state index contributed by atoms with van der Waals surface area (Å²) >= 11 is 0. The minimum Gasteiger partial charge on any atom is -0.297 e. The van der Waals surface area contributed by atoms with Gasteiger partial charge in [-0.1, -0.05) is 68.4 Å². The first-order valence-electron chi connectivity index (χ1n) is 7.16. The average Bonchev–Trinajstić information content (AvgIpc) is 2.49. The Morgan fingerprint density at radius 2 is 1.42 bits per heavy atom. The van der Waals surface area contributed by atoms with Crippen molar-refractivity contribution < 1.29 is 0 Å². The van der Waals surface area contributed by atoms with Gasteiger partial charge in [-0.25, -0.2) is 0 Å². The highest BCUT2D eigenvalue weighted by atomic mass is 15.1. The molecule has 0 N–H and O–H groups in total. The van der Waals surface area contributed by atoms with Gasteiger partial charge in [0.25, 0.3) is 0 Å². The van der Waals surface area contributed by atoms with Crippen molar-refractivity contribution in [3.05, 3.63) is 60.2 Å². The molecule has 0 aromatic heterocycles. The first-order valence-corrected chi connectivity index (χ1v) is 7.16. The van der Waals surface area contributed by atoms with Crippen LogP contribution in [0.2, 0.25) is 0 Å². The van der Waals surface area contributed by atoms with Crippen LogP contribution >= 0.6 is 0 Å². The van der Waals surface area contributed by atoms with Crippen LogP contribution in [0.5, 0.6) is 0 Å². The lowest BCUT2D eigenvalue weighted by Crippen LogP contribution is -2.26. The molecular formula is C18H23N. The van der Waals surface area contributed by atoms with Gasteiger partial charge in [-0.2, -0.15) is 0 Å². The fourth-order valence-electron chi connectivity index (χ4n) is 2.71. The zero-order valence-corrected chi connectivity index (χ0v) is 12.1. The molecule has 0 heterocycles. The molecule has 0 aliphatic rings. The molecule has 0 amide bonds. The van der Waals surface area contributed by atoms with Gasteiger partial charge >= 0.3 is 0 Å². The maximum absolute atomic E-state index is 2.49. The number of rotatable bonds is 5. The fraction of sp³-hybridized carbons (Fsp3) is 0.333. The zero-order chi connectivity index (χ0) is 13.7. The molecule has 0 aliphatic carbocycles. The van der Waals surface area contributed by atoms with E-state index in [0.29, 0.717) is 6.04 Å². The Morgan fingerprint density at radius 1 is 0.842 bits per heavy atom. The summed E-state index contributed by atoms with van der Waals surface area (Å²) in [7, 11) is 0. The lowest BCUT2D eigenvalue weighted by atomic mass is 9.95. The van der Waals surface area contributed by atoms with Crippen molar-refractivity contribution in [2.24, 2.45) is 0 Å². The van der Waals surface area contributed by atoms with Crippen molar-refractivity contribution in [2.75, 3.05) is 13.1 Å². The average molecular weight is 253 g/mol. The summed E-state index contributed by atoms with van der Waals surface area (Å²) in [6, 6.07) is 19.9. The molecule has 100 valence electrons. The van der Waals surface area contributed by atoms with Crippen molar-refractivity contribution in [3.63, 3.8) is 0 Å². The molecule has 0 saturated heterocycles. The zero-order valence-electron chi connectivity index (χ0n) is 12.1. The normalized spacial score (nSPS) is 12.6. The van der Waals surface area contributed by atoms with Crippen LogP contribution in [0.3, 0.4) is 0 Å². The molecule has 1 heteroatoms. The number of hydrogen-bond acceptors (Lipinski definition) is 1. The van der Waals surface area contributed by atoms with E-state index < -0.39 is 0 Å². The fourth-order valence-corrected chi connectivity index (χ4v) is 2.71. The Kier molecular flexibility index (Phi) is 4.75. The molecule has 0 saturated carbocycles. The maximum atomic E-state index is 2.49. The van der Waals surface area contributed by atoms with Gasteiger partial charge in [0.05, 0.1) is 0 Å². The van der Waals surface area contributed by atoms with Crippen LogP contribution in [0, 0.1) is 0 Å². The summed E-state index contributed by atoms with van der Waals surface area (Å²) in [6.07, 6.45) is 0. The standard InChI is InChI=1S/C18H23N/c1-4-19(5-2)15(3)17-13-9-10-14-18(17)16-11-7-6-8-12-16/h6-15H,4-5H2,1-3H3. The van der Waals surface area contributed by atoms with Crippen molar-refractivity contribution in [3.8, 4) is 11.1 Å². The Labute approximate surface area is 116 Å². The third-order valence-corrected chi connectivity index (χ3v) is 3.86. The van der Waals surface area contributed by atoms with E-state index in [-0.39, 0.29) is 0 Å².